The molecular weight excluding hydrogens is 238 g/mol. The van der Waals surface area contributed by atoms with E-state index >= 15 is 0 Å². The average molecular weight is 269 g/mol. The standard InChI is InChI=1S/C16H31NO2/c18-15(9-5-1-2-6-10-15)13-17-14-16(19)11-7-3-4-8-12-16/h17-19H,1-14H2. The van der Waals surface area contributed by atoms with Gasteiger partial charge in [0, 0.05) is 13.1 Å². The Morgan fingerprint density at radius 1 is 0.579 bits per heavy atom. The summed E-state index contributed by atoms with van der Waals surface area (Å²) < 4.78 is 0. The molecule has 0 heterocycles. The highest BCUT2D eigenvalue weighted by atomic mass is 16.3. The van der Waals surface area contributed by atoms with Crippen molar-refractivity contribution in [1.82, 2.24) is 5.32 Å². The highest BCUT2D eigenvalue weighted by molar-refractivity contribution is 4.87. The third-order valence-electron chi connectivity index (χ3n) is 4.98. The molecule has 2 aliphatic carbocycles. The van der Waals surface area contributed by atoms with E-state index < -0.39 is 11.2 Å². The summed E-state index contributed by atoms with van der Waals surface area (Å²) in [6.07, 6.45) is 13.3. The van der Waals surface area contributed by atoms with Crippen molar-refractivity contribution in [3.63, 3.8) is 0 Å². The van der Waals surface area contributed by atoms with Crippen LogP contribution in [0, 0.1) is 0 Å². The fourth-order valence-corrected chi connectivity index (χ4v) is 3.65. The SMILES string of the molecule is OC1(CNCC2(O)CCCCCC2)CCCCCC1. The van der Waals surface area contributed by atoms with E-state index in [2.05, 4.69) is 5.32 Å². The van der Waals surface area contributed by atoms with Crippen molar-refractivity contribution in [3.05, 3.63) is 0 Å². The van der Waals surface area contributed by atoms with Crippen molar-refractivity contribution < 1.29 is 10.2 Å². The number of rotatable bonds is 4. The molecule has 0 aliphatic heterocycles. The molecule has 0 atom stereocenters. The smallest absolute Gasteiger partial charge is 0.0771 e. The molecule has 0 radical (unpaired) electrons. The van der Waals surface area contributed by atoms with Gasteiger partial charge in [-0.25, -0.2) is 0 Å². The normalized spacial score (nSPS) is 27.5. The topological polar surface area (TPSA) is 52.5 Å². The van der Waals surface area contributed by atoms with Gasteiger partial charge in [0.25, 0.3) is 0 Å². The lowest BCUT2D eigenvalue weighted by atomic mass is 9.92. The highest BCUT2D eigenvalue weighted by Crippen LogP contribution is 2.28. The van der Waals surface area contributed by atoms with Crippen LogP contribution in [0.5, 0.6) is 0 Å². The first-order valence-electron chi connectivity index (χ1n) is 8.28. The van der Waals surface area contributed by atoms with Gasteiger partial charge in [-0.2, -0.15) is 0 Å². The minimum absolute atomic E-state index is 0.530. The molecule has 0 saturated heterocycles. The minimum atomic E-state index is -0.530. The van der Waals surface area contributed by atoms with E-state index in [4.69, 9.17) is 0 Å². The van der Waals surface area contributed by atoms with Crippen LogP contribution < -0.4 is 5.32 Å². The Morgan fingerprint density at radius 2 is 0.895 bits per heavy atom. The lowest BCUT2D eigenvalue weighted by Crippen LogP contribution is -2.47. The molecule has 112 valence electrons. The number of hydrogen-bond acceptors (Lipinski definition) is 3. The quantitative estimate of drug-likeness (QED) is 0.688. The van der Waals surface area contributed by atoms with E-state index in [9.17, 15) is 10.2 Å². The molecule has 2 fully saturated rings. The van der Waals surface area contributed by atoms with Gasteiger partial charge in [0.2, 0.25) is 0 Å². The first-order chi connectivity index (χ1) is 9.12. The van der Waals surface area contributed by atoms with Gasteiger partial charge < -0.3 is 15.5 Å². The zero-order chi connectivity index (χ0) is 13.6. The predicted octanol–water partition coefficient (Wildman–Crippen LogP) is 2.75. The number of aliphatic hydroxyl groups is 2. The molecule has 2 saturated carbocycles. The first-order valence-corrected chi connectivity index (χ1v) is 8.28. The van der Waals surface area contributed by atoms with E-state index in [1.165, 1.54) is 25.7 Å². The molecule has 19 heavy (non-hydrogen) atoms. The summed E-state index contributed by atoms with van der Waals surface area (Å²) in [5, 5.41) is 24.5. The van der Waals surface area contributed by atoms with Crippen LogP contribution in [0.3, 0.4) is 0 Å². The Kier molecular flexibility index (Phi) is 5.67. The van der Waals surface area contributed by atoms with Gasteiger partial charge in [-0.3, -0.25) is 0 Å². The van der Waals surface area contributed by atoms with Crippen molar-refractivity contribution >= 4 is 0 Å². The fourth-order valence-electron chi connectivity index (χ4n) is 3.65. The molecule has 0 amide bonds. The predicted molar refractivity (Wildman–Crippen MR) is 78.2 cm³/mol. The van der Waals surface area contributed by atoms with Gasteiger partial charge in [-0.1, -0.05) is 51.4 Å². The molecule has 0 aromatic heterocycles. The van der Waals surface area contributed by atoms with Crippen molar-refractivity contribution in [3.8, 4) is 0 Å². The van der Waals surface area contributed by atoms with Crippen LogP contribution in [0.15, 0.2) is 0 Å². The van der Waals surface area contributed by atoms with Crippen LogP contribution >= 0.6 is 0 Å². The van der Waals surface area contributed by atoms with Crippen LogP contribution in [-0.4, -0.2) is 34.5 Å². The third kappa shape index (κ3) is 5.05. The summed E-state index contributed by atoms with van der Waals surface area (Å²) >= 11 is 0. The fraction of sp³-hybridized carbons (Fsp3) is 1.00. The Balaban J connectivity index is 1.75. The van der Waals surface area contributed by atoms with Crippen LogP contribution in [0.2, 0.25) is 0 Å². The second-order valence-corrected chi connectivity index (χ2v) is 6.88. The zero-order valence-corrected chi connectivity index (χ0v) is 12.3. The molecule has 0 aromatic rings. The Bertz CT molecular complexity index is 225. The van der Waals surface area contributed by atoms with Gasteiger partial charge in [0.05, 0.1) is 11.2 Å². The van der Waals surface area contributed by atoms with Crippen molar-refractivity contribution in [2.24, 2.45) is 0 Å². The van der Waals surface area contributed by atoms with Crippen molar-refractivity contribution in [1.29, 1.82) is 0 Å². The number of hydrogen-bond donors (Lipinski definition) is 3. The van der Waals surface area contributed by atoms with E-state index in [1.807, 2.05) is 0 Å². The molecule has 2 rings (SSSR count). The van der Waals surface area contributed by atoms with Crippen LogP contribution in [0.4, 0.5) is 0 Å². The molecule has 3 N–H and O–H groups in total. The van der Waals surface area contributed by atoms with Crippen LogP contribution in [-0.2, 0) is 0 Å². The van der Waals surface area contributed by atoms with E-state index in [0.29, 0.717) is 13.1 Å². The molecule has 3 heteroatoms. The lowest BCUT2D eigenvalue weighted by molar-refractivity contribution is 0.000731. The highest BCUT2D eigenvalue weighted by Gasteiger charge is 2.31. The van der Waals surface area contributed by atoms with Gasteiger partial charge in [0.1, 0.15) is 0 Å². The molecule has 0 bridgehead atoms. The van der Waals surface area contributed by atoms with E-state index in [1.54, 1.807) is 0 Å². The van der Waals surface area contributed by atoms with Crippen LogP contribution in [0.1, 0.15) is 77.0 Å². The van der Waals surface area contributed by atoms with Gasteiger partial charge in [0.15, 0.2) is 0 Å². The van der Waals surface area contributed by atoms with Crippen LogP contribution in [0.25, 0.3) is 0 Å². The number of nitrogens with one attached hydrogen (secondary N) is 1. The van der Waals surface area contributed by atoms with E-state index in [0.717, 1.165) is 51.4 Å². The summed E-state index contributed by atoms with van der Waals surface area (Å²) in [5.41, 5.74) is -1.06. The van der Waals surface area contributed by atoms with Gasteiger partial charge in [-0.05, 0) is 25.7 Å². The summed E-state index contributed by atoms with van der Waals surface area (Å²) in [5.74, 6) is 0. The second-order valence-electron chi connectivity index (χ2n) is 6.88. The Labute approximate surface area is 117 Å². The average Bonchev–Trinajstić information content (AvgIpc) is 2.71. The molecule has 0 aromatic carbocycles. The monoisotopic (exact) mass is 269 g/mol. The Hall–Kier alpha value is -0.120. The first kappa shape index (κ1) is 15.3. The second kappa shape index (κ2) is 7.05. The van der Waals surface area contributed by atoms with Gasteiger partial charge in [-0.15, -0.1) is 0 Å². The summed E-state index contributed by atoms with van der Waals surface area (Å²) in [7, 11) is 0. The molecular formula is C16H31NO2. The maximum atomic E-state index is 10.6. The maximum Gasteiger partial charge on any atom is 0.0771 e. The van der Waals surface area contributed by atoms with Crippen molar-refractivity contribution in [2.45, 2.75) is 88.3 Å². The lowest BCUT2D eigenvalue weighted by Gasteiger charge is -2.31. The molecule has 3 nitrogen and oxygen atoms in total. The summed E-state index contributed by atoms with van der Waals surface area (Å²) in [4.78, 5) is 0. The Morgan fingerprint density at radius 3 is 1.21 bits per heavy atom. The molecule has 0 spiro atoms. The largest absolute Gasteiger partial charge is 0.389 e. The molecule has 0 unspecified atom stereocenters. The zero-order valence-electron chi connectivity index (χ0n) is 12.3. The van der Waals surface area contributed by atoms with Crippen molar-refractivity contribution in [2.75, 3.05) is 13.1 Å². The molecule has 2 aliphatic rings. The van der Waals surface area contributed by atoms with E-state index in [-0.39, 0.29) is 0 Å². The minimum Gasteiger partial charge on any atom is -0.389 e. The maximum absolute atomic E-state index is 10.6. The summed E-state index contributed by atoms with van der Waals surface area (Å²) in [6, 6.07) is 0. The van der Waals surface area contributed by atoms with Gasteiger partial charge >= 0.3 is 0 Å². The third-order valence-corrected chi connectivity index (χ3v) is 4.98. The summed E-state index contributed by atoms with van der Waals surface area (Å²) in [6.45, 7) is 1.30.